The number of halogens is 1. The molecule has 5 aliphatic rings. The van der Waals surface area contributed by atoms with Crippen LogP contribution in [0.25, 0.3) is 16.8 Å². The molecule has 9 heteroatoms. The van der Waals surface area contributed by atoms with Crippen LogP contribution in [0.1, 0.15) is 49.7 Å². The van der Waals surface area contributed by atoms with Gasteiger partial charge < -0.3 is 9.47 Å². The zero-order chi connectivity index (χ0) is 29.0. The number of methoxy groups -OCH3 is 1. The van der Waals surface area contributed by atoms with Gasteiger partial charge >= 0.3 is 0 Å². The first-order valence-electron chi connectivity index (χ1n) is 14.4. The third kappa shape index (κ3) is 5.03. The third-order valence-corrected chi connectivity index (χ3v) is 11.2. The van der Waals surface area contributed by atoms with Crippen LogP contribution in [0.2, 0.25) is 0 Å². The smallest absolute Gasteiger partial charge is 0.285 e. The number of hydrogen-bond donors (Lipinski definition) is 1. The Morgan fingerprint density at radius 3 is 2.50 bits per heavy atom. The lowest BCUT2D eigenvalue weighted by Gasteiger charge is -2.55. The molecule has 0 unspecified atom stereocenters. The average Bonchev–Trinajstić information content (AvgIpc) is 3.22. The van der Waals surface area contributed by atoms with Gasteiger partial charge in [0, 0.05) is 0 Å². The standard InChI is InChI=1S/C33H31BrN2O4S2/c1-39-27-13-19(12-26(34)29(27)40-18-24-7-4-6-23-5-2-3-8-25(23)24)14-28-30(37)36(32(41)42-28)35-31(38)33-15-20-9-21(16-33)11-22(10-20)17-33/h2-8,12-14,20-22H,9-11,15-18H2,1H3,(H,35,38)/b28-14+. The second kappa shape index (κ2) is 11.0. The Kier molecular flexibility index (Phi) is 7.31. The third-order valence-electron chi connectivity index (χ3n) is 9.33. The van der Waals surface area contributed by atoms with Gasteiger partial charge in [-0.05, 0) is 125 Å². The van der Waals surface area contributed by atoms with Crippen LogP contribution in [-0.2, 0) is 16.2 Å². The van der Waals surface area contributed by atoms with Crippen molar-refractivity contribution in [3.05, 3.63) is 75.1 Å². The highest BCUT2D eigenvalue weighted by Gasteiger charge is 2.55. The van der Waals surface area contributed by atoms with E-state index in [1.165, 1.54) is 36.0 Å². The van der Waals surface area contributed by atoms with Gasteiger partial charge in [-0.15, -0.1) is 0 Å². The van der Waals surface area contributed by atoms with Crippen LogP contribution in [0.15, 0.2) is 64.0 Å². The van der Waals surface area contributed by atoms with Gasteiger partial charge in [0.1, 0.15) is 6.61 Å². The number of nitrogens with zero attached hydrogens (tertiary/aromatic N) is 1. The van der Waals surface area contributed by atoms with E-state index < -0.39 is 0 Å². The summed E-state index contributed by atoms with van der Waals surface area (Å²) in [6.07, 6.45) is 8.32. The molecule has 1 aliphatic heterocycles. The molecule has 4 aliphatic carbocycles. The number of rotatable bonds is 7. The van der Waals surface area contributed by atoms with E-state index >= 15 is 0 Å². The van der Waals surface area contributed by atoms with E-state index in [9.17, 15) is 9.59 Å². The van der Waals surface area contributed by atoms with E-state index in [0.717, 1.165) is 41.2 Å². The Morgan fingerprint density at radius 2 is 1.79 bits per heavy atom. The van der Waals surface area contributed by atoms with Crippen molar-refractivity contribution in [2.75, 3.05) is 7.11 Å². The lowest BCUT2D eigenvalue weighted by atomic mass is 9.49. The molecule has 0 atom stereocenters. The lowest BCUT2D eigenvalue weighted by molar-refractivity contribution is -0.152. The van der Waals surface area contributed by atoms with Gasteiger partial charge in [0.15, 0.2) is 15.8 Å². The number of ether oxygens (including phenoxy) is 2. The maximum Gasteiger partial charge on any atom is 0.285 e. The van der Waals surface area contributed by atoms with Gasteiger partial charge in [0.25, 0.3) is 5.91 Å². The molecule has 4 saturated carbocycles. The number of amides is 2. The normalized spacial score (nSPS) is 27.2. The Hall–Kier alpha value is -2.88. The van der Waals surface area contributed by atoms with E-state index in [2.05, 4.69) is 45.6 Å². The first-order valence-corrected chi connectivity index (χ1v) is 16.4. The van der Waals surface area contributed by atoms with Gasteiger partial charge in [-0.3, -0.25) is 15.0 Å². The minimum absolute atomic E-state index is 0.0451. The largest absolute Gasteiger partial charge is 0.493 e. The Bertz CT molecular complexity index is 1610. The van der Waals surface area contributed by atoms with E-state index in [1.807, 2.05) is 30.3 Å². The zero-order valence-corrected chi connectivity index (χ0v) is 26.4. The van der Waals surface area contributed by atoms with Crippen molar-refractivity contribution in [3.63, 3.8) is 0 Å². The Morgan fingerprint density at radius 1 is 1.10 bits per heavy atom. The fraction of sp³-hybridized carbons (Fsp3) is 0.364. The molecule has 3 aromatic rings. The highest BCUT2D eigenvalue weighted by atomic mass is 79.9. The monoisotopic (exact) mass is 662 g/mol. The summed E-state index contributed by atoms with van der Waals surface area (Å²) < 4.78 is 13.0. The topological polar surface area (TPSA) is 67.9 Å². The zero-order valence-electron chi connectivity index (χ0n) is 23.2. The first kappa shape index (κ1) is 27.9. The van der Waals surface area contributed by atoms with Crippen molar-refractivity contribution in [2.24, 2.45) is 23.2 Å². The molecular weight excluding hydrogens is 632 g/mol. The highest BCUT2D eigenvalue weighted by Crippen LogP contribution is 2.60. The summed E-state index contributed by atoms with van der Waals surface area (Å²) in [6, 6.07) is 18.1. The molecule has 1 saturated heterocycles. The SMILES string of the molecule is COc1cc(/C=C2/SC(=S)N(NC(=O)C34CC5CC(CC(C5)C3)C4)C2=O)cc(Br)c1OCc1cccc2ccccc12. The summed E-state index contributed by atoms with van der Waals surface area (Å²) >= 11 is 10.4. The van der Waals surface area contributed by atoms with E-state index in [4.69, 9.17) is 21.7 Å². The molecule has 8 rings (SSSR count). The number of thiocarbonyl (C=S) groups is 1. The number of hydrazine groups is 1. The quantitative estimate of drug-likeness (QED) is 0.207. The maximum atomic E-state index is 13.6. The molecule has 6 nitrogen and oxygen atoms in total. The van der Waals surface area contributed by atoms with Crippen molar-refractivity contribution < 1.29 is 19.1 Å². The first-order chi connectivity index (χ1) is 20.3. The summed E-state index contributed by atoms with van der Waals surface area (Å²) in [6.45, 7) is 0.373. The van der Waals surface area contributed by atoms with Gasteiger partial charge in [-0.1, -0.05) is 54.2 Å². The Balaban J connectivity index is 1.07. The van der Waals surface area contributed by atoms with Gasteiger partial charge in [-0.2, -0.15) is 5.01 Å². The molecule has 1 N–H and O–H groups in total. The Labute approximate surface area is 263 Å². The van der Waals surface area contributed by atoms with Crippen molar-refractivity contribution in [1.82, 2.24) is 10.4 Å². The van der Waals surface area contributed by atoms with Crippen LogP contribution in [-0.4, -0.2) is 28.3 Å². The van der Waals surface area contributed by atoms with Crippen LogP contribution in [0.5, 0.6) is 11.5 Å². The van der Waals surface area contributed by atoms with E-state index in [1.54, 1.807) is 13.2 Å². The molecule has 1 heterocycles. The van der Waals surface area contributed by atoms with Crippen molar-refractivity contribution in [2.45, 2.75) is 45.1 Å². The van der Waals surface area contributed by atoms with Crippen LogP contribution < -0.4 is 14.9 Å². The molecule has 4 bridgehead atoms. The maximum absolute atomic E-state index is 13.6. The molecule has 5 fully saturated rings. The fourth-order valence-corrected chi connectivity index (χ4v) is 9.61. The summed E-state index contributed by atoms with van der Waals surface area (Å²) in [5.41, 5.74) is 4.40. The average molecular weight is 664 g/mol. The lowest BCUT2D eigenvalue weighted by Crippen LogP contribution is -2.57. The molecular formula is C33H31BrN2O4S2. The minimum Gasteiger partial charge on any atom is -0.493 e. The second-order valence-electron chi connectivity index (χ2n) is 12.1. The highest BCUT2D eigenvalue weighted by molar-refractivity contribution is 9.10. The van der Waals surface area contributed by atoms with Crippen molar-refractivity contribution in [3.8, 4) is 11.5 Å². The summed E-state index contributed by atoms with van der Waals surface area (Å²) in [7, 11) is 1.59. The second-order valence-corrected chi connectivity index (χ2v) is 14.6. The van der Waals surface area contributed by atoms with Gasteiger partial charge in [-0.25, -0.2) is 0 Å². The molecule has 42 heavy (non-hydrogen) atoms. The molecule has 0 spiro atoms. The predicted octanol–water partition coefficient (Wildman–Crippen LogP) is 7.64. The number of hydrogen-bond acceptors (Lipinski definition) is 6. The summed E-state index contributed by atoms with van der Waals surface area (Å²) in [4.78, 5) is 27.5. The number of carbonyl (C=O) groups excluding carboxylic acids is 2. The van der Waals surface area contributed by atoms with Crippen LogP contribution in [0, 0.1) is 23.2 Å². The molecule has 3 aromatic carbocycles. The van der Waals surface area contributed by atoms with Crippen LogP contribution in [0.3, 0.4) is 0 Å². The fourth-order valence-electron chi connectivity index (χ4n) is 7.86. The number of nitrogens with one attached hydrogen (secondary N) is 1. The molecule has 0 radical (unpaired) electrons. The van der Waals surface area contributed by atoms with Crippen molar-refractivity contribution >= 4 is 72.9 Å². The van der Waals surface area contributed by atoms with E-state index in [-0.39, 0.29) is 17.2 Å². The molecule has 216 valence electrons. The van der Waals surface area contributed by atoms with E-state index in [0.29, 0.717) is 49.6 Å². The summed E-state index contributed by atoms with van der Waals surface area (Å²) in [5, 5.41) is 3.57. The van der Waals surface area contributed by atoms with Crippen LogP contribution in [0.4, 0.5) is 0 Å². The van der Waals surface area contributed by atoms with Gasteiger partial charge in [0.05, 0.1) is 21.9 Å². The minimum atomic E-state index is -0.359. The number of fused-ring (bicyclic) bond motifs is 1. The predicted molar refractivity (Wildman–Crippen MR) is 173 cm³/mol. The van der Waals surface area contributed by atoms with Gasteiger partial charge in [0.2, 0.25) is 5.91 Å². The van der Waals surface area contributed by atoms with Crippen molar-refractivity contribution in [1.29, 1.82) is 0 Å². The molecule has 0 aromatic heterocycles. The number of carbonyl (C=O) groups is 2. The number of thioether (sulfide) groups is 1. The number of benzene rings is 3. The van der Waals surface area contributed by atoms with Crippen LogP contribution >= 0.6 is 39.9 Å². The summed E-state index contributed by atoms with van der Waals surface area (Å²) in [5.74, 6) is 2.69. The molecule has 2 amide bonds.